The Balaban J connectivity index is 2.84. The van der Waals surface area contributed by atoms with E-state index < -0.39 is 5.97 Å². The minimum absolute atomic E-state index is 0.156. The number of aromatic nitrogens is 1. The van der Waals surface area contributed by atoms with Gasteiger partial charge in [0.25, 0.3) is 0 Å². The Morgan fingerprint density at radius 3 is 2.81 bits per heavy atom. The molecule has 0 aliphatic carbocycles. The van der Waals surface area contributed by atoms with Gasteiger partial charge in [-0.2, -0.15) is 0 Å². The molecule has 1 aromatic heterocycles. The maximum atomic E-state index is 11.5. The van der Waals surface area contributed by atoms with Gasteiger partial charge in [0.2, 0.25) is 11.7 Å². The number of hydrogen-bond donors (Lipinski definition) is 1. The van der Waals surface area contributed by atoms with Crippen molar-refractivity contribution in [3.8, 4) is 0 Å². The van der Waals surface area contributed by atoms with Crippen molar-refractivity contribution in [1.29, 1.82) is 0 Å². The van der Waals surface area contributed by atoms with Gasteiger partial charge < -0.3 is 14.9 Å². The van der Waals surface area contributed by atoms with Gasteiger partial charge in [0.15, 0.2) is 0 Å². The molecule has 1 atom stereocenters. The van der Waals surface area contributed by atoms with E-state index in [0.717, 1.165) is 12.8 Å². The van der Waals surface area contributed by atoms with Gasteiger partial charge in [-0.05, 0) is 20.3 Å². The lowest BCUT2D eigenvalue weighted by atomic mass is 10.2. The molecule has 0 bridgehead atoms. The molecule has 0 saturated carbocycles. The second-order valence-electron chi connectivity index (χ2n) is 3.58. The van der Waals surface area contributed by atoms with E-state index in [0.29, 0.717) is 18.2 Å². The number of rotatable bonds is 5. The quantitative estimate of drug-likeness (QED) is 0.776. The molecule has 5 heteroatoms. The number of carbonyl (C=O) groups excluding carboxylic acids is 1. The highest BCUT2D eigenvalue weighted by atomic mass is 16.5. The van der Waals surface area contributed by atoms with Crippen LogP contribution in [0.5, 0.6) is 0 Å². The number of carbonyl (C=O) groups is 1. The number of nitrogens with two attached hydrogens (primary N) is 1. The van der Waals surface area contributed by atoms with E-state index in [1.807, 2.05) is 6.92 Å². The molecule has 0 aromatic carbocycles. The predicted octanol–water partition coefficient (Wildman–Crippen LogP) is 1.96. The maximum Gasteiger partial charge on any atom is 0.376 e. The lowest BCUT2D eigenvalue weighted by Crippen LogP contribution is -2.10. The highest BCUT2D eigenvalue weighted by Crippen LogP contribution is 2.19. The zero-order valence-electron chi connectivity index (χ0n) is 9.95. The Morgan fingerprint density at radius 1 is 1.56 bits per heavy atom. The molecule has 1 heterocycles. The Labute approximate surface area is 95.0 Å². The first-order valence-electron chi connectivity index (χ1n) is 5.50. The van der Waals surface area contributed by atoms with E-state index >= 15 is 0 Å². The summed E-state index contributed by atoms with van der Waals surface area (Å²) in [4.78, 5) is 15.6. The van der Waals surface area contributed by atoms with Gasteiger partial charge in [-0.1, -0.05) is 13.3 Å². The SMILES string of the molecule is CCCC(N)c1nc(C)c(C(=O)OCC)o1. The normalized spacial score (nSPS) is 12.5. The summed E-state index contributed by atoms with van der Waals surface area (Å²) in [5.74, 6) is 0.0771. The third kappa shape index (κ3) is 2.82. The summed E-state index contributed by atoms with van der Waals surface area (Å²) >= 11 is 0. The molecule has 1 aromatic rings. The molecule has 0 aliphatic heterocycles. The topological polar surface area (TPSA) is 78.3 Å². The van der Waals surface area contributed by atoms with Crippen LogP contribution in [-0.2, 0) is 4.74 Å². The van der Waals surface area contributed by atoms with Crippen molar-refractivity contribution in [3.63, 3.8) is 0 Å². The van der Waals surface area contributed by atoms with E-state index in [2.05, 4.69) is 4.98 Å². The van der Waals surface area contributed by atoms with Crippen LogP contribution in [0.2, 0.25) is 0 Å². The zero-order chi connectivity index (χ0) is 12.1. The third-order valence-electron chi connectivity index (χ3n) is 2.19. The lowest BCUT2D eigenvalue weighted by molar-refractivity contribution is 0.0486. The molecule has 0 amide bonds. The molecule has 0 aliphatic rings. The Kier molecular flexibility index (Phi) is 4.49. The maximum absolute atomic E-state index is 11.5. The van der Waals surface area contributed by atoms with Gasteiger partial charge in [0.05, 0.1) is 18.3 Å². The Morgan fingerprint density at radius 2 is 2.25 bits per heavy atom. The monoisotopic (exact) mass is 226 g/mol. The highest BCUT2D eigenvalue weighted by Gasteiger charge is 2.21. The van der Waals surface area contributed by atoms with Gasteiger partial charge >= 0.3 is 5.97 Å². The fourth-order valence-electron chi connectivity index (χ4n) is 1.40. The molecule has 1 unspecified atom stereocenters. The highest BCUT2D eigenvalue weighted by molar-refractivity contribution is 5.87. The summed E-state index contributed by atoms with van der Waals surface area (Å²) in [5, 5.41) is 0. The first kappa shape index (κ1) is 12.7. The molecule has 0 radical (unpaired) electrons. The predicted molar refractivity (Wildman–Crippen MR) is 59.0 cm³/mol. The minimum atomic E-state index is -0.484. The van der Waals surface area contributed by atoms with Gasteiger partial charge in [-0.15, -0.1) is 0 Å². The summed E-state index contributed by atoms with van der Waals surface area (Å²) in [5.41, 5.74) is 6.38. The number of esters is 1. The van der Waals surface area contributed by atoms with Crippen molar-refractivity contribution in [2.45, 2.75) is 39.7 Å². The number of aryl methyl sites for hydroxylation is 1. The largest absolute Gasteiger partial charge is 0.460 e. The number of nitrogens with zero attached hydrogens (tertiary/aromatic N) is 1. The molecular formula is C11H18N2O3. The van der Waals surface area contributed by atoms with Crippen LogP contribution in [0.25, 0.3) is 0 Å². The Bertz CT molecular complexity index is 360. The van der Waals surface area contributed by atoms with Gasteiger partial charge in [0.1, 0.15) is 0 Å². The van der Waals surface area contributed by atoms with Crippen LogP contribution in [0.15, 0.2) is 4.42 Å². The Hall–Kier alpha value is -1.36. The average Bonchev–Trinajstić information content (AvgIpc) is 2.61. The third-order valence-corrected chi connectivity index (χ3v) is 2.19. The molecule has 1 rings (SSSR count). The second-order valence-corrected chi connectivity index (χ2v) is 3.58. The van der Waals surface area contributed by atoms with Crippen LogP contribution < -0.4 is 5.73 Å². The van der Waals surface area contributed by atoms with Crippen molar-refractivity contribution in [2.24, 2.45) is 5.73 Å². The first-order chi connectivity index (χ1) is 7.60. The van der Waals surface area contributed by atoms with E-state index in [4.69, 9.17) is 14.9 Å². The summed E-state index contributed by atoms with van der Waals surface area (Å²) in [6, 6.07) is -0.258. The fraction of sp³-hybridized carbons (Fsp3) is 0.636. The van der Waals surface area contributed by atoms with E-state index in [1.165, 1.54) is 0 Å². The number of oxazole rings is 1. The van der Waals surface area contributed by atoms with E-state index in [1.54, 1.807) is 13.8 Å². The molecule has 90 valence electrons. The van der Waals surface area contributed by atoms with Crippen LogP contribution in [0, 0.1) is 6.92 Å². The van der Waals surface area contributed by atoms with Crippen molar-refractivity contribution in [3.05, 3.63) is 17.3 Å². The van der Waals surface area contributed by atoms with Crippen molar-refractivity contribution < 1.29 is 13.9 Å². The summed E-state index contributed by atoms with van der Waals surface area (Å²) in [6.45, 7) is 5.79. The fourth-order valence-corrected chi connectivity index (χ4v) is 1.40. The van der Waals surface area contributed by atoms with Gasteiger partial charge in [-0.25, -0.2) is 9.78 Å². The van der Waals surface area contributed by atoms with Crippen LogP contribution in [0.1, 0.15) is 54.9 Å². The van der Waals surface area contributed by atoms with Crippen LogP contribution in [0.4, 0.5) is 0 Å². The lowest BCUT2D eigenvalue weighted by Gasteiger charge is -2.03. The van der Waals surface area contributed by atoms with Crippen LogP contribution >= 0.6 is 0 Å². The van der Waals surface area contributed by atoms with Crippen molar-refractivity contribution in [2.75, 3.05) is 6.61 Å². The standard InChI is InChI=1S/C11H18N2O3/c1-4-6-8(12)10-13-7(3)9(16-10)11(14)15-5-2/h8H,4-6,12H2,1-3H3. The zero-order valence-corrected chi connectivity index (χ0v) is 9.95. The molecular weight excluding hydrogens is 208 g/mol. The molecule has 0 saturated heterocycles. The van der Waals surface area contributed by atoms with Crippen molar-refractivity contribution >= 4 is 5.97 Å². The molecule has 2 N–H and O–H groups in total. The molecule has 0 spiro atoms. The van der Waals surface area contributed by atoms with Crippen LogP contribution in [-0.4, -0.2) is 17.6 Å². The molecule has 0 fully saturated rings. The summed E-state index contributed by atoms with van der Waals surface area (Å²) < 4.78 is 10.2. The number of hydrogen-bond acceptors (Lipinski definition) is 5. The van der Waals surface area contributed by atoms with Crippen molar-refractivity contribution in [1.82, 2.24) is 4.98 Å². The average molecular weight is 226 g/mol. The molecule has 16 heavy (non-hydrogen) atoms. The van der Waals surface area contributed by atoms with Crippen LogP contribution in [0.3, 0.4) is 0 Å². The summed E-state index contributed by atoms with van der Waals surface area (Å²) in [6.07, 6.45) is 1.72. The second kappa shape index (κ2) is 5.65. The van der Waals surface area contributed by atoms with Gasteiger partial charge in [-0.3, -0.25) is 0 Å². The van der Waals surface area contributed by atoms with E-state index in [-0.39, 0.29) is 11.8 Å². The summed E-state index contributed by atoms with van der Waals surface area (Å²) in [7, 11) is 0. The smallest absolute Gasteiger partial charge is 0.376 e. The van der Waals surface area contributed by atoms with E-state index in [9.17, 15) is 4.79 Å². The molecule has 5 nitrogen and oxygen atoms in total. The minimum Gasteiger partial charge on any atom is -0.460 e. The van der Waals surface area contributed by atoms with Gasteiger partial charge in [0, 0.05) is 0 Å². The number of ether oxygens (including phenoxy) is 1. The first-order valence-corrected chi connectivity index (χ1v) is 5.50.